The molecule has 7 nitrogen and oxygen atoms in total. The van der Waals surface area contributed by atoms with Crippen LogP contribution in [0, 0.1) is 0 Å². The van der Waals surface area contributed by atoms with Crippen LogP contribution in [0.4, 0.5) is 23.8 Å². The Morgan fingerprint density at radius 1 is 1.18 bits per heavy atom. The number of aromatic nitrogens is 1. The molecule has 1 aromatic heterocycles. The van der Waals surface area contributed by atoms with Crippen molar-refractivity contribution in [1.29, 1.82) is 0 Å². The summed E-state index contributed by atoms with van der Waals surface area (Å²) in [6, 6.07) is 0.311. The Kier molecular flexibility index (Phi) is 7.73. The van der Waals surface area contributed by atoms with Crippen molar-refractivity contribution < 1.29 is 22.8 Å². The third kappa shape index (κ3) is 6.43. The van der Waals surface area contributed by atoms with E-state index in [0.717, 1.165) is 25.1 Å². The molecular weight excluding hydrogens is 399 g/mol. The van der Waals surface area contributed by atoms with Gasteiger partial charge >= 0.3 is 12.2 Å². The van der Waals surface area contributed by atoms with Gasteiger partial charge in [-0.3, -0.25) is 4.79 Å². The Bertz CT molecular complexity index is 694. The molecule has 0 aliphatic carbocycles. The van der Waals surface area contributed by atoms with Crippen molar-refractivity contribution in [3.05, 3.63) is 22.8 Å². The molecule has 1 fully saturated rings. The van der Waals surface area contributed by atoms with Crippen LogP contribution in [0.25, 0.3) is 0 Å². The molecule has 1 aliphatic rings. The number of hydrogen-bond acceptors (Lipinski definition) is 4. The first kappa shape index (κ1) is 22.1. The molecule has 28 heavy (non-hydrogen) atoms. The maximum atomic E-state index is 12.7. The van der Waals surface area contributed by atoms with Gasteiger partial charge in [-0.25, -0.2) is 9.78 Å². The van der Waals surface area contributed by atoms with Crippen molar-refractivity contribution in [2.75, 3.05) is 37.6 Å². The van der Waals surface area contributed by atoms with Crippen LogP contribution in [0.2, 0.25) is 5.02 Å². The van der Waals surface area contributed by atoms with Gasteiger partial charge in [0.15, 0.2) is 0 Å². The number of nitrogens with zero attached hydrogens (tertiary/aromatic N) is 3. The Labute approximate surface area is 166 Å². The van der Waals surface area contributed by atoms with Crippen LogP contribution < -0.4 is 16.0 Å². The maximum absolute atomic E-state index is 12.7. The largest absolute Gasteiger partial charge is 0.417 e. The zero-order valence-electron chi connectivity index (χ0n) is 15.3. The van der Waals surface area contributed by atoms with Crippen LogP contribution in [0.3, 0.4) is 0 Å². The number of halogens is 4. The maximum Gasteiger partial charge on any atom is 0.417 e. The summed E-state index contributed by atoms with van der Waals surface area (Å²) < 4.78 is 38.1. The third-order valence-corrected chi connectivity index (χ3v) is 4.73. The van der Waals surface area contributed by atoms with Crippen LogP contribution in [0.1, 0.15) is 31.2 Å². The fraction of sp³-hybridized carbons (Fsp3) is 0.588. The van der Waals surface area contributed by atoms with Gasteiger partial charge < -0.3 is 20.9 Å². The zero-order valence-corrected chi connectivity index (χ0v) is 16.0. The monoisotopic (exact) mass is 421 g/mol. The second-order valence-electron chi connectivity index (χ2n) is 6.50. The van der Waals surface area contributed by atoms with Crippen molar-refractivity contribution in [1.82, 2.24) is 15.2 Å². The number of hydrogen-bond donors (Lipinski definition) is 2. The summed E-state index contributed by atoms with van der Waals surface area (Å²) in [6.07, 6.45) is -1.04. The van der Waals surface area contributed by atoms with Gasteiger partial charge in [-0.15, -0.1) is 0 Å². The number of amides is 3. The van der Waals surface area contributed by atoms with E-state index < -0.39 is 17.8 Å². The number of carbonyl (C=O) groups is 2. The molecular formula is C17H23ClF3N5O2. The number of piperazine rings is 1. The first-order valence-electron chi connectivity index (χ1n) is 8.97. The lowest BCUT2D eigenvalue weighted by Gasteiger charge is -2.36. The van der Waals surface area contributed by atoms with Gasteiger partial charge in [0.1, 0.15) is 5.82 Å². The van der Waals surface area contributed by atoms with Gasteiger partial charge in [-0.2, -0.15) is 13.2 Å². The van der Waals surface area contributed by atoms with Crippen molar-refractivity contribution in [3.8, 4) is 0 Å². The first-order chi connectivity index (χ1) is 13.2. The summed E-state index contributed by atoms with van der Waals surface area (Å²) in [5.74, 6) is 0.331. The molecule has 3 N–H and O–H groups in total. The lowest BCUT2D eigenvalue weighted by molar-refractivity contribution is -0.137. The van der Waals surface area contributed by atoms with E-state index in [2.05, 4.69) is 10.3 Å². The zero-order chi connectivity index (χ0) is 20.7. The van der Waals surface area contributed by atoms with E-state index in [-0.39, 0.29) is 10.9 Å². The predicted octanol–water partition coefficient (Wildman–Crippen LogP) is 2.63. The molecule has 1 aliphatic heterocycles. The van der Waals surface area contributed by atoms with Gasteiger partial charge in [-0.1, -0.05) is 18.0 Å². The Morgan fingerprint density at radius 3 is 2.43 bits per heavy atom. The van der Waals surface area contributed by atoms with Crippen LogP contribution in [0.5, 0.6) is 0 Å². The van der Waals surface area contributed by atoms with Crippen molar-refractivity contribution in [2.45, 2.75) is 31.9 Å². The normalized spacial score (nSPS) is 14.9. The second-order valence-corrected chi connectivity index (χ2v) is 6.90. The molecule has 0 radical (unpaired) electrons. The lowest BCUT2D eigenvalue weighted by atomic mass is 10.1. The summed E-state index contributed by atoms with van der Waals surface area (Å²) in [5, 5.41) is 2.44. The predicted molar refractivity (Wildman–Crippen MR) is 99.1 cm³/mol. The highest BCUT2D eigenvalue weighted by Gasteiger charge is 2.32. The number of pyridine rings is 1. The number of anilines is 1. The number of nitrogens with one attached hydrogen (secondary N) is 1. The Hall–Kier alpha value is -2.23. The summed E-state index contributed by atoms with van der Waals surface area (Å²) >= 11 is 5.98. The van der Waals surface area contributed by atoms with E-state index in [4.69, 9.17) is 17.3 Å². The summed E-state index contributed by atoms with van der Waals surface area (Å²) in [5.41, 5.74) is 4.08. The topological polar surface area (TPSA) is 91.6 Å². The molecule has 11 heteroatoms. The molecule has 0 bridgehead atoms. The Balaban J connectivity index is 1.76. The van der Waals surface area contributed by atoms with E-state index in [1.807, 2.05) is 0 Å². The minimum absolute atomic E-state index is 0.0361. The van der Waals surface area contributed by atoms with Crippen molar-refractivity contribution >= 4 is 29.4 Å². The van der Waals surface area contributed by atoms with E-state index in [9.17, 15) is 22.8 Å². The van der Waals surface area contributed by atoms with E-state index in [1.165, 1.54) is 0 Å². The molecule has 0 atom stereocenters. The molecule has 2 heterocycles. The minimum Gasteiger partial charge on any atom is -0.352 e. The molecule has 2 rings (SSSR count). The molecule has 0 aromatic carbocycles. The lowest BCUT2D eigenvalue weighted by Crippen LogP contribution is -2.49. The van der Waals surface area contributed by atoms with Crippen LogP contribution in [0.15, 0.2) is 12.3 Å². The molecule has 0 unspecified atom stereocenters. The number of alkyl halides is 3. The SMILES string of the molecule is NC(=O)NCCCCCC(=O)N1CCN(c2ncc(C(F)(F)F)cc2Cl)CC1. The van der Waals surface area contributed by atoms with E-state index in [0.29, 0.717) is 51.4 Å². The van der Waals surface area contributed by atoms with Gasteiger partial charge in [0.05, 0.1) is 10.6 Å². The number of carbonyl (C=O) groups excluding carboxylic acids is 2. The second kappa shape index (κ2) is 9.81. The highest BCUT2D eigenvalue weighted by molar-refractivity contribution is 6.33. The number of nitrogens with two attached hydrogens (primary N) is 1. The van der Waals surface area contributed by atoms with Gasteiger partial charge in [0, 0.05) is 45.3 Å². The van der Waals surface area contributed by atoms with Gasteiger partial charge in [0.25, 0.3) is 0 Å². The Morgan fingerprint density at radius 2 is 1.86 bits per heavy atom. The molecule has 0 saturated carbocycles. The van der Waals surface area contributed by atoms with E-state index >= 15 is 0 Å². The highest BCUT2D eigenvalue weighted by Crippen LogP contribution is 2.33. The van der Waals surface area contributed by atoms with Gasteiger partial charge in [0.2, 0.25) is 5.91 Å². The summed E-state index contributed by atoms with van der Waals surface area (Å²) in [4.78, 5) is 30.2. The highest BCUT2D eigenvalue weighted by atomic mass is 35.5. The average Bonchev–Trinajstić information content (AvgIpc) is 2.63. The smallest absolute Gasteiger partial charge is 0.352 e. The van der Waals surface area contributed by atoms with Crippen LogP contribution in [-0.2, 0) is 11.0 Å². The van der Waals surface area contributed by atoms with Crippen molar-refractivity contribution in [3.63, 3.8) is 0 Å². The molecule has 3 amide bonds. The fourth-order valence-corrected chi connectivity index (χ4v) is 3.22. The molecule has 0 spiro atoms. The number of unbranched alkanes of at least 4 members (excludes halogenated alkanes) is 2. The van der Waals surface area contributed by atoms with Crippen molar-refractivity contribution in [2.24, 2.45) is 5.73 Å². The minimum atomic E-state index is -4.49. The number of rotatable bonds is 7. The average molecular weight is 422 g/mol. The van der Waals surface area contributed by atoms with Gasteiger partial charge in [-0.05, 0) is 18.9 Å². The summed E-state index contributed by atoms with van der Waals surface area (Å²) in [7, 11) is 0. The number of urea groups is 1. The summed E-state index contributed by atoms with van der Waals surface area (Å²) in [6.45, 7) is 2.31. The van der Waals surface area contributed by atoms with Crippen LogP contribution >= 0.6 is 11.6 Å². The quantitative estimate of drug-likeness (QED) is 0.662. The first-order valence-corrected chi connectivity index (χ1v) is 9.35. The number of primary amides is 1. The standard InChI is InChI=1S/C17H23ClF3N5O2/c18-13-10-12(17(19,20)21)11-24-15(13)26-8-6-25(7-9-26)14(27)4-2-1-3-5-23-16(22)28/h10-11H,1-9H2,(H3,22,23,28). The molecule has 1 saturated heterocycles. The van der Waals surface area contributed by atoms with Crippen LogP contribution in [-0.4, -0.2) is 54.5 Å². The molecule has 1 aromatic rings. The molecule has 156 valence electrons. The third-order valence-electron chi connectivity index (χ3n) is 4.45. The fourth-order valence-electron chi connectivity index (χ4n) is 2.93. The van der Waals surface area contributed by atoms with E-state index in [1.54, 1.807) is 9.80 Å².